The number of ether oxygens (including phenoxy) is 1. The number of hydrogen-bond donors (Lipinski definition) is 0. The topological polar surface area (TPSA) is 56.5 Å². The Morgan fingerprint density at radius 3 is 2.36 bits per heavy atom. The van der Waals surface area contributed by atoms with Crippen molar-refractivity contribution in [1.82, 2.24) is 0 Å². The molecule has 0 unspecified atom stereocenters. The van der Waals surface area contributed by atoms with Gasteiger partial charge in [-0.05, 0) is 45.0 Å². The lowest BCUT2D eigenvalue weighted by Gasteiger charge is -2.17. The molecule has 0 aliphatic carbocycles. The number of fused-ring (bicyclic) bond motifs is 1. The van der Waals surface area contributed by atoms with E-state index < -0.39 is 16.8 Å². The fourth-order valence-electron chi connectivity index (χ4n) is 2.29. The second-order valence-corrected chi connectivity index (χ2v) is 7.11. The summed E-state index contributed by atoms with van der Waals surface area (Å²) in [6.07, 6.45) is 0. The second kappa shape index (κ2) is 6.37. The molecule has 4 nitrogen and oxygen atoms in total. The number of para-hydroxylation sites is 1. The van der Waals surface area contributed by atoms with Crippen molar-refractivity contribution in [2.75, 3.05) is 0 Å². The zero-order valence-electron chi connectivity index (χ0n) is 14.1. The predicted molar refractivity (Wildman–Crippen MR) is 98.0 cm³/mol. The van der Waals surface area contributed by atoms with E-state index in [0.717, 1.165) is 0 Å². The third kappa shape index (κ3) is 3.30. The maximum absolute atomic E-state index is 12.9. The lowest BCUT2D eigenvalue weighted by atomic mass is 9.97. The molecule has 0 aliphatic rings. The number of esters is 1. The highest BCUT2D eigenvalue weighted by Gasteiger charge is 2.28. The number of halogens is 1. The lowest BCUT2D eigenvalue weighted by Crippen LogP contribution is -2.28. The van der Waals surface area contributed by atoms with E-state index in [1.54, 1.807) is 69.3 Å². The van der Waals surface area contributed by atoms with Crippen LogP contribution in [-0.2, 0) is 4.79 Å². The molecule has 1 heterocycles. The van der Waals surface area contributed by atoms with Gasteiger partial charge < -0.3 is 9.15 Å². The highest BCUT2D eigenvalue weighted by atomic mass is 35.5. The molecule has 1 aromatic heterocycles. The summed E-state index contributed by atoms with van der Waals surface area (Å²) in [6.45, 7) is 5.15. The summed E-state index contributed by atoms with van der Waals surface area (Å²) < 4.78 is 11.3. The van der Waals surface area contributed by atoms with Crippen molar-refractivity contribution in [1.29, 1.82) is 0 Å². The Hall–Kier alpha value is -2.59. The number of carbonyl (C=O) groups is 1. The molecule has 0 fully saturated rings. The standard InChI is InChI=1S/C20H17ClO4/c1-20(2,3)19(23)25-18-16(22)13-9-5-7-11-15(13)24-17(18)12-8-4-6-10-14(12)21/h4-11H,1-3H3. The van der Waals surface area contributed by atoms with E-state index in [1.165, 1.54) is 0 Å². The van der Waals surface area contributed by atoms with Crippen LogP contribution < -0.4 is 10.2 Å². The van der Waals surface area contributed by atoms with E-state index in [1.807, 2.05) is 0 Å². The molecule has 5 heteroatoms. The van der Waals surface area contributed by atoms with Crippen LogP contribution in [0.5, 0.6) is 5.75 Å². The summed E-state index contributed by atoms with van der Waals surface area (Å²) in [7, 11) is 0. The van der Waals surface area contributed by atoms with E-state index in [9.17, 15) is 9.59 Å². The maximum Gasteiger partial charge on any atom is 0.316 e. The Morgan fingerprint density at radius 2 is 1.68 bits per heavy atom. The van der Waals surface area contributed by atoms with Gasteiger partial charge in [0.1, 0.15) is 5.58 Å². The molecule has 3 aromatic rings. The van der Waals surface area contributed by atoms with Gasteiger partial charge in [-0.2, -0.15) is 0 Å². The van der Waals surface area contributed by atoms with Crippen LogP contribution in [0.25, 0.3) is 22.3 Å². The van der Waals surface area contributed by atoms with Gasteiger partial charge >= 0.3 is 5.97 Å². The Labute approximate surface area is 150 Å². The predicted octanol–water partition coefficient (Wildman–Crippen LogP) is 5.06. The minimum absolute atomic E-state index is 0.145. The van der Waals surface area contributed by atoms with Gasteiger partial charge in [0.2, 0.25) is 11.2 Å². The van der Waals surface area contributed by atoms with Crippen LogP contribution in [0, 0.1) is 5.41 Å². The summed E-state index contributed by atoms with van der Waals surface area (Å²) >= 11 is 6.26. The summed E-state index contributed by atoms with van der Waals surface area (Å²) in [6, 6.07) is 13.7. The van der Waals surface area contributed by atoms with Crippen LogP contribution in [0.3, 0.4) is 0 Å². The van der Waals surface area contributed by atoms with Crippen LogP contribution in [0.1, 0.15) is 20.8 Å². The SMILES string of the molecule is CC(C)(C)C(=O)Oc1c(-c2ccccc2Cl)oc2ccccc2c1=O. The number of carbonyl (C=O) groups excluding carboxylic acids is 1. The van der Waals surface area contributed by atoms with E-state index >= 15 is 0 Å². The zero-order chi connectivity index (χ0) is 18.2. The van der Waals surface area contributed by atoms with Gasteiger partial charge in [0, 0.05) is 5.56 Å². The van der Waals surface area contributed by atoms with Crippen molar-refractivity contribution in [3.8, 4) is 17.1 Å². The molecule has 3 rings (SSSR count). The van der Waals surface area contributed by atoms with Crippen LogP contribution in [0.4, 0.5) is 0 Å². The van der Waals surface area contributed by atoms with Gasteiger partial charge in [-0.3, -0.25) is 9.59 Å². The molecule has 0 spiro atoms. The van der Waals surface area contributed by atoms with E-state index in [-0.39, 0.29) is 11.5 Å². The van der Waals surface area contributed by atoms with Crippen LogP contribution >= 0.6 is 11.6 Å². The number of hydrogen-bond acceptors (Lipinski definition) is 4. The van der Waals surface area contributed by atoms with Crippen molar-refractivity contribution < 1.29 is 13.9 Å². The third-order valence-corrected chi connectivity index (χ3v) is 4.01. The molecule has 0 saturated carbocycles. The molecule has 0 bridgehead atoms. The van der Waals surface area contributed by atoms with Crippen molar-refractivity contribution in [3.05, 3.63) is 63.8 Å². The summed E-state index contributed by atoms with van der Waals surface area (Å²) in [5.74, 6) is -0.526. The first kappa shape index (κ1) is 17.2. The van der Waals surface area contributed by atoms with Gasteiger partial charge in [-0.25, -0.2) is 0 Å². The minimum atomic E-state index is -0.768. The fraction of sp³-hybridized carbons (Fsp3) is 0.200. The normalized spacial score (nSPS) is 11.5. The van der Waals surface area contributed by atoms with Crippen LogP contribution in [0.15, 0.2) is 57.7 Å². The molecule has 25 heavy (non-hydrogen) atoms. The zero-order valence-corrected chi connectivity index (χ0v) is 14.9. The maximum atomic E-state index is 12.9. The van der Waals surface area contributed by atoms with Crippen molar-refractivity contribution in [2.24, 2.45) is 5.41 Å². The molecular weight excluding hydrogens is 340 g/mol. The Balaban J connectivity index is 2.31. The molecule has 0 N–H and O–H groups in total. The van der Waals surface area contributed by atoms with Gasteiger partial charge in [0.15, 0.2) is 5.76 Å². The van der Waals surface area contributed by atoms with Gasteiger partial charge in [0.25, 0.3) is 0 Å². The average molecular weight is 357 g/mol. The molecule has 0 amide bonds. The summed E-state index contributed by atoms with van der Waals surface area (Å²) in [5, 5.41) is 0.740. The van der Waals surface area contributed by atoms with Gasteiger partial charge in [-0.15, -0.1) is 0 Å². The van der Waals surface area contributed by atoms with Gasteiger partial charge in [0.05, 0.1) is 15.8 Å². The number of rotatable bonds is 2. The van der Waals surface area contributed by atoms with E-state index in [0.29, 0.717) is 21.6 Å². The highest BCUT2D eigenvalue weighted by molar-refractivity contribution is 6.33. The number of benzene rings is 2. The summed E-state index contributed by atoms with van der Waals surface area (Å²) in [4.78, 5) is 25.3. The first-order chi connectivity index (χ1) is 11.8. The summed E-state index contributed by atoms with van der Waals surface area (Å²) in [5.41, 5.74) is -0.286. The minimum Gasteiger partial charge on any atom is -0.452 e. The first-order valence-corrected chi connectivity index (χ1v) is 8.20. The van der Waals surface area contributed by atoms with Crippen molar-refractivity contribution in [3.63, 3.8) is 0 Å². The van der Waals surface area contributed by atoms with Gasteiger partial charge in [-0.1, -0.05) is 35.9 Å². The molecule has 0 saturated heterocycles. The monoisotopic (exact) mass is 356 g/mol. The van der Waals surface area contributed by atoms with Crippen LogP contribution in [-0.4, -0.2) is 5.97 Å². The molecule has 0 atom stereocenters. The highest BCUT2D eigenvalue weighted by Crippen LogP contribution is 2.35. The Bertz CT molecular complexity index is 1010. The quantitative estimate of drug-likeness (QED) is 0.602. The Morgan fingerprint density at radius 1 is 1.04 bits per heavy atom. The largest absolute Gasteiger partial charge is 0.452 e. The Kier molecular flexibility index (Phi) is 4.39. The average Bonchev–Trinajstić information content (AvgIpc) is 2.57. The third-order valence-electron chi connectivity index (χ3n) is 3.68. The first-order valence-electron chi connectivity index (χ1n) is 7.82. The molecule has 0 aliphatic heterocycles. The van der Waals surface area contributed by atoms with Crippen molar-refractivity contribution in [2.45, 2.75) is 20.8 Å². The molecule has 2 aromatic carbocycles. The molecule has 0 radical (unpaired) electrons. The van der Waals surface area contributed by atoms with E-state index in [4.69, 9.17) is 20.8 Å². The fourth-order valence-corrected chi connectivity index (χ4v) is 2.51. The van der Waals surface area contributed by atoms with Crippen LogP contribution in [0.2, 0.25) is 5.02 Å². The molecular formula is C20H17ClO4. The smallest absolute Gasteiger partial charge is 0.316 e. The van der Waals surface area contributed by atoms with Crippen molar-refractivity contribution >= 4 is 28.5 Å². The lowest BCUT2D eigenvalue weighted by molar-refractivity contribution is -0.143. The molecule has 128 valence electrons. The van der Waals surface area contributed by atoms with E-state index in [2.05, 4.69) is 0 Å². The second-order valence-electron chi connectivity index (χ2n) is 6.70.